The number of nitriles is 1. The first-order chi connectivity index (χ1) is 19.6. The van der Waals surface area contributed by atoms with Crippen LogP contribution in [0.3, 0.4) is 0 Å². The summed E-state index contributed by atoms with van der Waals surface area (Å²) in [5.41, 5.74) is 4.22. The summed E-state index contributed by atoms with van der Waals surface area (Å²) in [4.78, 5) is 16.3. The molecular weight excluding hydrogens is 504 g/mol. The predicted octanol–water partition coefficient (Wildman–Crippen LogP) is 6.70. The minimum atomic E-state index is -0.431. The van der Waals surface area contributed by atoms with Crippen molar-refractivity contribution in [3.63, 3.8) is 0 Å². The lowest BCUT2D eigenvalue weighted by molar-refractivity contribution is 0.108. The number of hydrogen-bond acceptors (Lipinski definition) is 6. The lowest BCUT2D eigenvalue weighted by atomic mass is 9.92. The summed E-state index contributed by atoms with van der Waals surface area (Å²) in [6, 6.07) is 16.5. The fraction of sp³-hybridized carbons (Fsp3) is 0.419. The van der Waals surface area contributed by atoms with E-state index in [1.54, 1.807) is 12.7 Å². The van der Waals surface area contributed by atoms with Gasteiger partial charge in [0, 0.05) is 29.7 Å². The summed E-state index contributed by atoms with van der Waals surface area (Å²) in [6.07, 6.45) is 10.2. The van der Waals surface area contributed by atoms with Crippen LogP contribution in [0.25, 0.3) is 22.2 Å². The number of rotatable bonds is 11. The molecule has 0 unspecified atom stereocenters. The third-order valence-corrected chi connectivity index (χ3v) is 8.03. The molecule has 2 fully saturated rings. The smallest absolute Gasteiger partial charge is 0.411 e. The molecule has 2 aliphatic rings. The van der Waals surface area contributed by atoms with Gasteiger partial charge in [-0.05, 0) is 87.6 Å². The zero-order chi connectivity index (χ0) is 27.5. The fourth-order valence-electron chi connectivity index (χ4n) is 5.40. The predicted molar refractivity (Wildman–Crippen MR) is 152 cm³/mol. The zero-order valence-electron chi connectivity index (χ0n) is 22.8. The number of ether oxygens (including phenoxy) is 2. The zero-order valence-corrected chi connectivity index (χ0v) is 22.8. The third kappa shape index (κ3) is 5.53. The number of anilines is 1. The summed E-state index contributed by atoms with van der Waals surface area (Å²) >= 11 is 0. The number of benzene rings is 2. The summed E-state index contributed by atoms with van der Waals surface area (Å²) < 4.78 is 15.8. The lowest BCUT2D eigenvalue weighted by Gasteiger charge is -2.30. The maximum Gasteiger partial charge on any atom is 0.411 e. The Morgan fingerprint density at radius 1 is 1.15 bits per heavy atom. The largest absolute Gasteiger partial charge is 0.494 e. The van der Waals surface area contributed by atoms with E-state index in [0.29, 0.717) is 29.8 Å². The fourth-order valence-corrected chi connectivity index (χ4v) is 5.40. The molecule has 2 saturated carbocycles. The van der Waals surface area contributed by atoms with Crippen LogP contribution in [0, 0.1) is 17.2 Å². The Kier molecular flexibility index (Phi) is 7.41. The number of carbonyl (C=O) groups is 1. The molecule has 0 bridgehead atoms. The highest BCUT2D eigenvalue weighted by Gasteiger charge is 2.31. The van der Waals surface area contributed by atoms with Crippen molar-refractivity contribution in [2.75, 3.05) is 11.9 Å². The van der Waals surface area contributed by atoms with Gasteiger partial charge < -0.3 is 14.0 Å². The average Bonchev–Trinajstić information content (AvgIpc) is 3.57. The van der Waals surface area contributed by atoms with Gasteiger partial charge in [-0.3, -0.25) is 10.00 Å². The quantitative estimate of drug-likeness (QED) is 0.213. The second-order valence-electron chi connectivity index (χ2n) is 10.8. The summed E-state index contributed by atoms with van der Waals surface area (Å²) in [5, 5.41) is 18.1. The minimum absolute atomic E-state index is 0.0656. The van der Waals surface area contributed by atoms with E-state index in [4.69, 9.17) is 9.47 Å². The van der Waals surface area contributed by atoms with Gasteiger partial charge in [0.25, 0.3) is 0 Å². The molecule has 4 aromatic rings. The van der Waals surface area contributed by atoms with Crippen molar-refractivity contribution in [3.05, 3.63) is 60.7 Å². The van der Waals surface area contributed by atoms with Gasteiger partial charge in [-0.2, -0.15) is 10.4 Å². The van der Waals surface area contributed by atoms with Gasteiger partial charge in [-0.25, -0.2) is 9.78 Å². The van der Waals surface area contributed by atoms with Crippen molar-refractivity contribution in [2.24, 2.45) is 5.92 Å². The van der Waals surface area contributed by atoms with Crippen LogP contribution in [-0.4, -0.2) is 38.1 Å². The van der Waals surface area contributed by atoms with E-state index in [9.17, 15) is 10.1 Å². The van der Waals surface area contributed by atoms with Crippen LogP contribution in [0.15, 0.2) is 55.1 Å². The molecule has 0 saturated heterocycles. The minimum Gasteiger partial charge on any atom is -0.494 e. The number of fused-ring (bicyclic) bond motifs is 1. The highest BCUT2D eigenvalue weighted by Crippen LogP contribution is 2.43. The number of hydrogen-bond donors (Lipinski definition) is 1. The third-order valence-electron chi connectivity index (χ3n) is 8.03. The van der Waals surface area contributed by atoms with Gasteiger partial charge >= 0.3 is 6.09 Å². The molecule has 206 valence electrons. The highest BCUT2D eigenvalue weighted by molar-refractivity contribution is 5.96. The van der Waals surface area contributed by atoms with Crippen LogP contribution in [-0.2, 0) is 11.3 Å². The normalized spacial score (nSPS) is 15.8. The first-order valence-corrected chi connectivity index (χ1v) is 14.2. The van der Waals surface area contributed by atoms with Crippen molar-refractivity contribution in [2.45, 2.75) is 70.6 Å². The molecule has 40 heavy (non-hydrogen) atoms. The van der Waals surface area contributed by atoms with Gasteiger partial charge in [-0.1, -0.05) is 12.1 Å². The van der Waals surface area contributed by atoms with Crippen molar-refractivity contribution >= 4 is 22.7 Å². The highest BCUT2D eigenvalue weighted by atomic mass is 16.6. The molecule has 2 aliphatic carbocycles. The Labute approximate surface area is 233 Å². The van der Waals surface area contributed by atoms with Crippen molar-refractivity contribution in [3.8, 4) is 23.1 Å². The van der Waals surface area contributed by atoms with Crippen molar-refractivity contribution < 1.29 is 14.3 Å². The van der Waals surface area contributed by atoms with E-state index in [2.05, 4.69) is 32.1 Å². The Balaban J connectivity index is 1.21. The molecule has 9 nitrogen and oxygen atoms in total. The monoisotopic (exact) mass is 538 g/mol. The first-order valence-electron chi connectivity index (χ1n) is 14.2. The Bertz CT molecular complexity index is 1510. The van der Waals surface area contributed by atoms with E-state index >= 15 is 0 Å². The van der Waals surface area contributed by atoms with Crippen LogP contribution in [0.4, 0.5) is 10.5 Å². The summed E-state index contributed by atoms with van der Waals surface area (Å²) in [7, 11) is 0. The molecule has 1 N–H and O–H groups in total. The number of aryl methyl sites for hydroxylation is 1. The lowest BCUT2D eigenvalue weighted by Crippen LogP contribution is -2.21. The number of amides is 1. The number of nitrogens with one attached hydrogen (secondary N) is 1. The van der Waals surface area contributed by atoms with E-state index in [1.807, 2.05) is 48.0 Å². The number of unbranched alkanes of at least 4 members (excludes halogenated alkanes) is 1. The number of carbonyl (C=O) groups excluding carboxylic acids is 1. The second kappa shape index (κ2) is 11.4. The number of aromatic nitrogens is 4. The first kappa shape index (κ1) is 25.9. The van der Waals surface area contributed by atoms with Crippen LogP contribution < -0.4 is 10.1 Å². The maximum absolute atomic E-state index is 12.3. The molecule has 2 heterocycles. The molecular formula is C31H34N6O3. The van der Waals surface area contributed by atoms with E-state index < -0.39 is 6.09 Å². The molecule has 9 heteroatoms. The van der Waals surface area contributed by atoms with E-state index in [1.165, 1.54) is 6.42 Å². The van der Waals surface area contributed by atoms with E-state index in [0.717, 1.165) is 73.0 Å². The van der Waals surface area contributed by atoms with Crippen LogP contribution in [0.2, 0.25) is 0 Å². The van der Waals surface area contributed by atoms with Crippen molar-refractivity contribution in [1.82, 2.24) is 19.3 Å². The average molecular weight is 539 g/mol. The molecule has 0 radical (unpaired) electrons. The second-order valence-corrected chi connectivity index (χ2v) is 10.8. The van der Waals surface area contributed by atoms with Crippen LogP contribution >= 0.6 is 0 Å². The van der Waals surface area contributed by atoms with Crippen molar-refractivity contribution in [1.29, 1.82) is 5.26 Å². The molecule has 1 atom stereocenters. The van der Waals surface area contributed by atoms with Gasteiger partial charge in [0.05, 0.1) is 23.4 Å². The van der Waals surface area contributed by atoms with Gasteiger partial charge in [-0.15, -0.1) is 0 Å². The Hall–Kier alpha value is -4.32. The topological polar surface area (TPSA) is 107 Å². The van der Waals surface area contributed by atoms with E-state index in [-0.39, 0.29) is 6.10 Å². The molecule has 0 aliphatic heterocycles. The number of nitrogens with zero attached hydrogens (tertiary/aromatic N) is 5. The molecule has 2 aromatic heterocycles. The summed E-state index contributed by atoms with van der Waals surface area (Å²) in [6.45, 7) is 3.37. The van der Waals surface area contributed by atoms with Crippen LogP contribution in [0.1, 0.15) is 63.5 Å². The van der Waals surface area contributed by atoms with Gasteiger partial charge in [0.15, 0.2) is 0 Å². The molecule has 6 rings (SSSR count). The standard InChI is InChI=1S/C31H34N6O3/c1-21(22-7-8-22)40-31(38)35-24-11-9-23(10-12-24)30-28(18-32)27-14-13-26(17-29(27)37(30)25-5-4-6-25)39-16-3-2-15-36-20-33-19-34-36/h9-14,17,19-22,25H,2-8,15-16H2,1H3,(H,35,38)/t21-/m1/s1. The maximum atomic E-state index is 12.3. The molecule has 1 amide bonds. The van der Waals surface area contributed by atoms with Gasteiger partial charge in [0.1, 0.15) is 30.6 Å². The SMILES string of the molecule is C[C@@H](OC(=O)Nc1ccc(-c2c(C#N)c3ccc(OCCCCn4cncn4)cc3n2C2CCC2)cc1)C1CC1. The van der Waals surface area contributed by atoms with Gasteiger partial charge in [0.2, 0.25) is 0 Å². The molecule has 0 spiro atoms. The Morgan fingerprint density at radius 3 is 2.65 bits per heavy atom. The summed E-state index contributed by atoms with van der Waals surface area (Å²) in [5.74, 6) is 1.29. The van der Waals surface area contributed by atoms with Crippen LogP contribution in [0.5, 0.6) is 5.75 Å². The Morgan fingerprint density at radius 2 is 1.98 bits per heavy atom. The molecule has 2 aromatic carbocycles.